The maximum absolute atomic E-state index is 11.0. The average Bonchev–Trinajstić information content (AvgIpc) is 2.39. The van der Waals surface area contributed by atoms with Crippen LogP contribution in [0.4, 0.5) is 11.4 Å². The normalized spacial score (nSPS) is 16.0. The number of hydrogen-bond acceptors (Lipinski definition) is 6. The van der Waals surface area contributed by atoms with E-state index in [0.717, 1.165) is 0 Å². The maximum Gasteiger partial charge on any atom is 0.294 e. The number of carbonyl (C=O) groups excluding carboxylic acids is 1. The quantitative estimate of drug-likeness (QED) is 0.601. The summed E-state index contributed by atoms with van der Waals surface area (Å²) in [5.74, 6) is -0.693. The molecule has 1 heterocycles. The molecule has 1 saturated heterocycles. The van der Waals surface area contributed by atoms with Gasteiger partial charge in [-0.2, -0.15) is 0 Å². The molecule has 0 spiro atoms. The Morgan fingerprint density at radius 2 is 2.11 bits per heavy atom. The van der Waals surface area contributed by atoms with E-state index >= 15 is 0 Å². The number of primary amides is 1. The molecule has 8 nitrogen and oxygen atoms in total. The van der Waals surface area contributed by atoms with Gasteiger partial charge in [0.05, 0.1) is 18.1 Å². The van der Waals surface area contributed by atoms with Gasteiger partial charge < -0.3 is 15.9 Å². The summed E-state index contributed by atoms with van der Waals surface area (Å²) in [5, 5.41) is 12.8. The molecule has 0 atom stereocenters. The molecule has 8 heteroatoms. The van der Waals surface area contributed by atoms with E-state index in [1.165, 1.54) is 18.2 Å². The molecular formula is C11H14N4O4. The number of hydrogen-bond donors (Lipinski definition) is 2. The topological polar surface area (TPSA) is 111 Å². The van der Waals surface area contributed by atoms with Gasteiger partial charge in [-0.05, 0) is 12.1 Å². The number of nitro benzene ring substituents is 1. The van der Waals surface area contributed by atoms with Crippen LogP contribution in [0, 0.1) is 10.1 Å². The summed E-state index contributed by atoms with van der Waals surface area (Å²) in [6.45, 7) is 2.41. The van der Waals surface area contributed by atoms with E-state index in [0.29, 0.717) is 32.0 Å². The van der Waals surface area contributed by atoms with Crippen molar-refractivity contribution < 1.29 is 14.5 Å². The van der Waals surface area contributed by atoms with Gasteiger partial charge in [0.15, 0.2) is 0 Å². The Morgan fingerprint density at radius 3 is 2.68 bits per heavy atom. The highest BCUT2D eigenvalue weighted by Gasteiger charge is 2.19. The van der Waals surface area contributed by atoms with E-state index in [4.69, 9.17) is 10.5 Å². The fourth-order valence-corrected chi connectivity index (χ4v) is 1.78. The van der Waals surface area contributed by atoms with Gasteiger partial charge in [-0.25, -0.2) is 5.01 Å². The number of nitro groups is 1. The molecule has 1 aromatic rings. The Morgan fingerprint density at radius 1 is 1.42 bits per heavy atom. The Bertz CT molecular complexity index is 499. The molecule has 2 rings (SSSR count). The van der Waals surface area contributed by atoms with Crippen LogP contribution in [0.25, 0.3) is 0 Å². The largest absolute Gasteiger partial charge is 0.379 e. The van der Waals surface area contributed by atoms with Crippen molar-refractivity contribution in [1.82, 2.24) is 5.01 Å². The molecular weight excluding hydrogens is 252 g/mol. The van der Waals surface area contributed by atoms with E-state index in [1.54, 1.807) is 0 Å². The SMILES string of the molecule is NC(=O)c1ccc(NN2CCOCC2)c([N+](=O)[O-])c1. The summed E-state index contributed by atoms with van der Waals surface area (Å²) >= 11 is 0. The van der Waals surface area contributed by atoms with Gasteiger partial charge in [0, 0.05) is 24.7 Å². The molecule has 0 aromatic heterocycles. The number of carbonyl (C=O) groups is 1. The lowest BCUT2D eigenvalue weighted by molar-refractivity contribution is -0.384. The van der Waals surface area contributed by atoms with Crippen molar-refractivity contribution in [3.8, 4) is 0 Å². The standard InChI is InChI=1S/C11H14N4O4/c12-11(16)8-1-2-9(10(7-8)15(17)18)13-14-3-5-19-6-4-14/h1-2,7,13H,3-6H2,(H2,12,16). The fraction of sp³-hybridized carbons (Fsp3) is 0.364. The monoisotopic (exact) mass is 266 g/mol. The summed E-state index contributed by atoms with van der Waals surface area (Å²) in [6, 6.07) is 4.11. The van der Waals surface area contributed by atoms with Crippen molar-refractivity contribution in [1.29, 1.82) is 0 Å². The minimum Gasteiger partial charge on any atom is -0.379 e. The summed E-state index contributed by atoms with van der Waals surface area (Å²) in [6.07, 6.45) is 0. The van der Waals surface area contributed by atoms with Crippen molar-refractivity contribution in [3.63, 3.8) is 0 Å². The Labute approximate surface area is 109 Å². The van der Waals surface area contributed by atoms with Crippen LogP contribution < -0.4 is 11.2 Å². The predicted molar refractivity (Wildman–Crippen MR) is 67.6 cm³/mol. The molecule has 0 aliphatic carbocycles. The number of hydrazine groups is 1. The summed E-state index contributed by atoms with van der Waals surface area (Å²) in [4.78, 5) is 21.5. The predicted octanol–water partition coefficient (Wildman–Crippen LogP) is 0.353. The summed E-state index contributed by atoms with van der Waals surface area (Å²) in [5.41, 5.74) is 8.33. The van der Waals surface area contributed by atoms with E-state index in [-0.39, 0.29) is 11.3 Å². The number of anilines is 1. The first-order valence-electron chi connectivity index (χ1n) is 5.75. The van der Waals surface area contributed by atoms with Crippen LogP contribution >= 0.6 is 0 Å². The highest BCUT2D eigenvalue weighted by Crippen LogP contribution is 2.26. The van der Waals surface area contributed by atoms with Crippen LogP contribution in [0.5, 0.6) is 0 Å². The van der Waals surface area contributed by atoms with Gasteiger partial charge in [-0.1, -0.05) is 0 Å². The fourth-order valence-electron chi connectivity index (χ4n) is 1.78. The smallest absolute Gasteiger partial charge is 0.294 e. The number of nitrogens with one attached hydrogen (secondary N) is 1. The molecule has 3 N–H and O–H groups in total. The molecule has 1 aromatic carbocycles. The van der Waals surface area contributed by atoms with Crippen LogP contribution in [0.1, 0.15) is 10.4 Å². The lowest BCUT2D eigenvalue weighted by atomic mass is 10.1. The molecule has 1 amide bonds. The second-order valence-electron chi connectivity index (χ2n) is 4.06. The van der Waals surface area contributed by atoms with Crippen molar-refractivity contribution >= 4 is 17.3 Å². The van der Waals surface area contributed by atoms with Gasteiger partial charge in [0.25, 0.3) is 5.69 Å². The maximum atomic E-state index is 11.0. The third-order valence-corrected chi connectivity index (χ3v) is 2.77. The van der Waals surface area contributed by atoms with Crippen LogP contribution in [0.2, 0.25) is 0 Å². The molecule has 0 saturated carbocycles. The second-order valence-corrected chi connectivity index (χ2v) is 4.06. The Hall–Kier alpha value is -2.19. The second kappa shape index (κ2) is 5.63. The minimum atomic E-state index is -0.693. The van der Waals surface area contributed by atoms with Crippen molar-refractivity contribution in [2.45, 2.75) is 0 Å². The lowest BCUT2D eigenvalue weighted by Crippen LogP contribution is -2.40. The minimum absolute atomic E-state index is 0.110. The zero-order valence-corrected chi connectivity index (χ0v) is 10.2. The van der Waals surface area contributed by atoms with E-state index in [9.17, 15) is 14.9 Å². The van der Waals surface area contributed by atoms with Gasteiger partial charge in [-0.3, -0.25) is 14.9 Å². The van der Waals surface area contributed by atoms with E-state index < -0.39 is 10.8 Å². The molecule has 1 aliphatic heterocycles. The third kappa shape index (κ3) is 3.18. The molecule has 1 fully saturated rings. The summed E-state index contributed by atoms with van der Waals surface area (Å²) in [7, 11) is 0. The van der Waals surface area contributed by atoms with Gasteiger partial charge >= 0.3 is 0 Å². The van der Waals surface area contributed by atoms with Crippen LogP contribution in [0.15, 0.2) is 18.2 Å². The first-order chi connectivity index (χ1) is 9.08. The first-order valence-corrected chi connectivity index (χ1v) is 5.75. The zero-order chi connectivity index (χ0) is 13.8. The van der Waals surface area contributed by atoms with Gasteiger partial charge in [0.2, 0.25) is 5.91 Å². The molecule has 0 radical (unpaired) electrons. The number of rotatable bonds is 4. The number of amides is 1. The highest BCUT2D eigenvalue weighted by molar-refractivity contribution is 5.94. The highest BCUT2D eigenvalue weighted by atomic mass is 16.6. The molecule has 0 bridgehead atoms. The van der Waals surface area contributed by atoms with Gasteiger partial charge in [-0.15, -0.1) is 0 Å². The molecule has 0 unspecified atom stereocenters. The molecule has 102 valence electrons. The molecule has 1 aliphatic rings. The number of morpholine rings is 1. The average molecular weight is 266 g/mol. The Balaban J connectivity index is 2.23. The van der Waals surface area contributed by atoms with Crippen molar-refractivity contribution in [3.05, 3.63) is 33.9 Å². The van der Waals surface area contributed by atoms with Crippen LogP contribution in [-0.2, 0) is 4.74 Å². The zero-order valence-electron chi connectivity index (χ0n) is 10.2. The number of nitrogens with zero attached hydrogens (tertiary/aromatic N) is 2. The number of ether oxygens (including phenoxy) is 1. The van der Waals surface area contributed by atoms with Crippen molar-refractivity contribution in [2.24, 2.45) is 5.73 Å². The number of nitrogens with two attached hydrogens (primary N) is 1. The Kier molecular flexibility index (Phi) is 3.93. The van der Waals surface area contributed by atoms with E-state index in [1.807, 2.05) is 5.01 Å². The lowest BCUT2D eigenvalue weighted by Gasteiger charge is -2.27. The number of benzene rings is 1. The van der Waals surface area contributed by atoms with Crippen LogP contribution in [-0.4, -0.2) is 42.1 Å². The van der Waals surface area contributed by atoms with Gasteiger partial charge in [0.1, 0.15) is 5.69 Å². The molecule has 19 heavy (non-hydrogen) atoms. The third-order valence-electron chi connectivity index (χ3n) is 2.77. The van der Waals surface area contributed by atoms with Crippen molar-refractivity contribution in [2.75, 3.05) is 31.7 Å². The first kappa shape index (κ1) is 13.2. The van der Waals surface area contributed by atoms with Crippen LogP contribution in [0.3, 0.4) is 0 Å². The summed E-state index contributed by atoms with van der Waals surface area (Å²) < 4.78 is 5.19. The van der Waals surface area contributed by atoms with E-state index in [2.05, 4.69) is 5.43 Å².